The van der Waals surface area contributed by atoms with E-state index in [1.807, 2.05) is 0 Å². The van der Waals surface area contributed by atoms with Crippen LogP contribution in [0.2, 0.25) is 5.02 Å². The molecular formula is C19H22ClN5O4. The normalized spacial score (nSPS) is 12.2. The van der Waals surface area contributed by atoms with Gasteiger partial charge in [0.05, 0.1) is 22.0 Å². The second kappa shape index (κ2) is 9.06. The first-order valence-corrected chi connectivity index (χ1v) is 9.58. The Morgan fingerprint density at radius 3 is 2.93 bits per heavy atom. The first-order valence-electron chi connectivity index (χ1n) is 9.20. The summed E-state index contributed by atoms with van der Waals surface area (Å²) in [5, 5.41) is 19.3. The van der Waals surface area contributed by atoms with Gasteiger partial charge in [-0.05, 0) is 31.4 Å². The van der Waals surface area contributed by atoms with Gasteiger partial charge in [0.2, 0.25) is 0 Å². The van der Waals surface area contributed by atoms with Crippen LogP contribution >= 0.6 is 11.6 Å². The summed E-state index contributed by atoms with van der Waals surface area (Å²) in [5.41, 5.74) is 0.819. The minimum Gasteiger partial charge on any atom is -0.465 e. The summed E-state index contributed by atoms with van der Waals surface area (Å²) in [7, 11) is 1.63. The molecule has 0 aliphatic rings. The smallest absolute Gasteiger partial charge is 0.405 e. The molecule has 2 heterocycles. The number of nitrogens with zero attached hydrogens (tertiary/aromatic N) is 3. The van der Waals surface area contributed by atoms with Crippen molar-refractivity contribution in [3.63, 3.8) is 0 Å². The molecule has 0 aliphatic heterocycles. The zero-order chi connectivity index (χ0) is 21.0. The topological polar surface area (TPSA) is 122 Å². The average molecular weight is 420 g/mol. The van der Waals surface area contributed by atoms with Gasteiger partial charge in [0, 0.05) is 25.5 Å². The molecule has 2 aromatic heterocycles. The van der Waals surface area contributed by atoms with E-state index < -0.39 is 17.7 Å². The van der Waals surface area contributed by atoms with E-state index in [9.17, 15) is 14.7 Å². The Bertz CT molecular complexity index is 1080. The van der Waals surface area contributed by atoms with Gasteiger partial charge in [-0.3, -0.25) is 9.89 Å². The number of rotatable bonds is 8. The Kier molecular flexibility index (Phi) is 6.50. The van der Waals surface area contributed by atoms with Crippen LogP contribution in [0.5, 0.6) is 0 Å². The molecule has 29 heavy (non-hydrogen) atoms. The van der Waals surface area contributed by atoms with Crippen molar-refractivity contribution in [1.82, 2.24) is 25.1 Å². The minimum absolute atomic E-state index is 0.254. The predicted octanol–water partition coefficient (Wildman–Crippen LogP) is 3.06. The second-order valence-electron chi connectivity index (χ2n) is 6.50. The molecule has 9 nitrogen and oxygen atoms in total. The van der Waals surface area contributed by atoms with Gasteiger partial charge in [-0.15, -0.1) is 0 Å². The zero-order valence-corrected chi connectivity index (χ0v) is 16.9. The highest BCUT2D eigenvalue weighted by molar-refractivity contribution is 6.35. The number of H-pyrrole nitrogens is 1. The van der Waals surface area contributed by atoms with Gasteiger partial charge in [-0.25, -0.2) is 14.3 Å². The highest BCUT2D eigenvalue weighted by atomic mass is 35.5. The number of benzene rings is 1. The number of fused-ring (bicyclic) bond motifs is 1. The van der Waals surface area contributed by atoms with Crippen molar-refractivity contribution in [2.45, 2.75) is 32.2 Å². The average Bonchev–Trinajstić information content (AvgIpc) is 3.14. The monoisotopic (exact) mass is 419 g/mol. The standard InChI is InChI=1S/C19H22ClN5O4/c1-3-13(22-19(27)28)17-21-14-8-4-7-12(20)16(14)18(26)25(17)15-10-11(23-24-15)6-5-9-29-2/h4,7-8,10,13,22H,3,5-6,9H2,1-2H3,(H,23,24)(H,27,28). The Morgan fingerprint density at radius 1 is 1.45 bits per heavy atom. The van der Waals surface area contributed by atoms with Crippen LogP contribution in [-0.4, -0.2) is 44.7 Å². The molecule has 0 aliphatic carbocycles. The number of methoxy groups -OCH3 is 1. The van der Waals surface area contributed by atoms with E-state index in [0.29, 0.717) is 30.8 Å². The van der Waals surface area contributed by atoms with E-state index >= 15 is 0 Å². The van der Waals surface area contributed by atoms with Crippen molar-refractivity contribution in [1.29, 1.82) is 0 Å². The van der Waals surface area contributed by atoms with E-state index in [-0.39, 0.29) is 16.2 Å². The van der Waals surface area contributed by atoms with Crippen LogP contribution in [0, 0.1) is 0 Å². The largest absolute Gasteiger partial charge is 0.465 e. The number of aryl methyl sites for hydroxylation is 1. The van der Waals surface area contributed by atoms with Gasteiger partial charge in [-0.2, -0.15) is 5.10 Å². The van der Waals surface area contributed by atoms with Gasteiger partial charge < -0.3 is 15.2 Å². The molecule has 154 valence electrons. The maximum Gasteiger partial charge on any atom is 0.405 e. The number of nitrogens with one attached hydrogen (secondary N) is 2. The molecule has 0 bridgehead atoms. The SMILES string of the molecule is CCC(NC(=O)O)c1nc2cccc(Cl)c2c(=O)n1-c1cc(CCCOC)[nH]n1. The lowest BCUT2D eigenvalue weighted by Gasteiger charge is -2.19. The summed E-state index contributed by atoms with van der Waals surface area (Å²) >= 11 is 6.26. The molecule has 1 unspecified atom stereocenters. The number of carbonyl (C=O) groups is 1. The summed E-state index contributed by atoms with van der Waals surface area (Å²) in [6, 6.07) is 6.03. The van der Waals surface area contributed by atoms with Gasteiger partial charge in [-0.1, -0.05) is 24.6 Å². The molecule has 0 saturated heterocycles. The Hall–Kier alpha value is -2.91. The van der Waals surface area contributed by atoms with E-state index in [4.69, 9.17) is 16.3 Å². The maximum atomic E-state index is 13.3. The molecular weight excluding hydrogens is 398 g/mol. The Morgan fingerprint density at radius 2 is 2.24 bits per heavy atom. The number of halogens is 1. The van der Waals surface area contributed by atoms with E-state index in [1.165, 1.54) is 4.57 Å². The van der Waals surface area contributed by atoms with Gasteiger partial charge in [0.15, 0.2) is 5.82 Å². The summed E-state index contributed by atoms with van der Waals surface area (Å²) < 4.78 is 6.37. The number of amides is 1. The zero-order valence-electron chi connectivity index (χ0n) is 16.1. The number of hydrogen-bond acceptors (Lipinski definition) is 5. The highest BCUT2D eigenvalue weighted by Gasteiger charge is 2.23. The minimum atomic E-state index is -1.20. The fourth-order valence-electron chi connectivity index (χ4n) is 3.16. The Labute approximate surface area is 171 Å². The Balaban J connectivity index is 2.19. The van der Waals surface area contributed by atoms with Crippen molar-refractivity contribution in [2.24, 2.45) is 0 Å². The first-order chi connectivity index (χ1) is 14.0. The fraction of sp³-hybridized carbons (Fsp3) is 0.368. The van der Waals surface area contributed by atoms with Gasteiger partial charge >= 0.3 is 6.09 Å². The molecule has 0 spiro atoms. The van der Waals surface area contributed by atoms with Crippen LogP contribution in [0.3, 0.4) is 0 Å². The molecule has 3 rings (SSSR count). The lowest BCUT2D eigenvalue weighted by atomic mass is 10.1. The lowest BCUT2D eigenvalue weighted by molar-refractivity contribution is 0.188. The molecule has 10 heteroatoms. The van der Waals surface area contributed by atoms with Crippen molar-refractivity contribution in [3.8, 4) is 5.82 Å². The van der Waals surface area contributed by atoms with Crippen LogP contribution in [0.1, 0.15) is 37.3 Å². The van der Waals surface area contributed by atoms with Crippen molar-refractivity contribution < 1.29 is 14.6 Å². The summed E-state index contributed by atoms with van der Waals surface area (Å²) in [4.78, 5) is 29.2. The van der Waals surface area contributed by atoms with E-state index in [0.717, 1.165) is 12.1 Å². The number of ether oxygens (including phenoxy) is 1. The third kappa shape index (κ3) is 4.41. The molecule has 3 aromatic rings. The number of hydrogen-bond donors (Lipinski definition) is 3. The van der Waals surface area contributed by atoms with Crippen LogP contribution < -0.4 is 10.9 Å². The van der Waals surface area contributed by atoms with Crippen LogP contribution in [0.4, 0.5) is 4.79 Å². The van der Waals surface area contributed by atoms with Crippen LogP contribution in [0.15, 0.2) is 29.1 Å². The summed E-state index contributed by atoms with van der Waals surface area (Å²) in [6.45, 7) is 2.41. The van der Waals surface area contributed by atoms with Crippen molar-refractivity contribution >= 4 is 28.6 Å². The molecule has 1 amide bonds. The van der Waals surface area contributed by atoms with Gasteiger partial charge in [0.25, 0.3) is 5.56 Å². The highest BCUT2D eigenvalue weighted by Crippen LogP contribution is 2.24. The molecule has 0 saturated carbocycles. The number of carboxylic acid groups (broad SMARTS) is 1. The molecule has 0 radical (unpaired) electrons. The molecule has 1 atom stereocenters. The van der Waals surface area contributed by atoms with Crippen LogP contribution in [-0.2, 0) is 11.2 Å². The maximum absolute atomic E-state index is 13.3. The first kappa shape index (κ1) is 20.8. The van der Waals surface area contributed by atoms with Crippen molar-refractivity contribution in [3.05, 3.63) is 51.2 Å². The lowest BCUT2D eigenvalue weighted by Crippen LogP contribution is -2.33. The number of aromatic nitrogens is 4. The quantitative estimate of drug-likeness (QED) is 0.482. The molecule has 0 fully saturated rings. The van der Waals surface area contributed by atoms with Crippen LogP contribution in [0.25, 0.3) is 16.7 Å². The fourth-order valence-corrected chi connectivity index (χ4v) is 3.41. The third-order valence-corrected chi connectivity index (χ3v) is 4.85. The van der Waals surface area contributed by atoms with Crippen molar-refractivity contribution in [2.75, 3.05) is 13.7 Å². The van der Waals surface area contributed by atoms with E-state index in [2.05, 4.69) is 20.5 Å². The van der Waals surface area contributed by atoms with E-state index in [1.54, 1.807) is 38.3 Å². The second-order valence-corrected chi connectivity index (χ2v) is 6.91. The molecule has 1 aromatic carbocycles. The third-order valence-electron chi connectivity index (χ3n) is 4.53. The van der Waals surface area contributed by atoms with Gasteiger partial charge in [0.1, 0.15) is 5.82 Å². The number of aromatic amines is 1. The predicted molar refractivity (Wildman–Crippen MR) is 109 cm³/mol. The summed E-state index contributed by atoms with van der Waals surface area (Å²) in [5.74, 6) is 0.585. The molecule has 3 N–H and O–H groups in total. The summed E-state index contributed by atoms with van der Waals surface area (Å²) in [6.07, 6.45) is 0.679.